The number of carbonyl (C=O) groups is 1. The number of nitrogens with zero attached hydrogens (tertiary/aromatic N) is 3. The first-order valence-corrected chi connectivity index (χ1v) is 13.6. The lowest BCUT2D eigenvalue weighted by Crippen LogP contribution is -2.39. The summed E-state index contributed by atoms with van der Waals surface area (Å²) in [5.41, 5.74) is 13.3. The van der Waals surface area contributed by atoms with Gasteiger partial charge in [-0.25, -0.2) is 4.39 Å². The number of halogens is 5. The fraction of sp³-hybridized carbons (Fsp3) is 0.300. The Hall–Kier alpha value is -3.76. The van der Waals surface area contributed by atoms with Gasteiger partial charge in [0.25, 0.3) is 0 Å². The maximum absolute atomic E-state index is 14.8. The molecule has 41 heavy (non-hydrogen) atoms. The summed E-state index contributed by atoms with van der Waals surface area (Å²) in [5.74, 6) is -0.856. The fourth-order valence-corrected chi connectivity index (χ4v) is 5.51. The van der Waals surface area contributed by atoms with Gasteiger partial charge in [0.1, 0.15) is 5.82 Å². The number of amides is 1. The zero-order chi connectivity index (χ0) is 28.9. The molecule has 2 aliphatic carbocycles. The molecule has 1 aliphatic heterocycles. The number of aromatic nitrogens is 1. The normalized spacial score (nSPS) is 17.0. The molecule has 3 aromatic rings. The van der Waals surface area contributed by atoms with Crippen LogP contribution in [-0.4, -0.2) is 28.0 Å². The predicted octanol–water partition coefficient (Wildman–Crippen LogP) is 5.92. The van der Waals surface area contributed by atoms with Crippen molar-refractivity contribution >= 4 is 28.9 Å². The average Bonchev–Trinajstić information content (AvgIpc) is 3.88. The number of allylic oxidation sites excluding steroid dienone is 1. The van der Waals surface area contributed by atoms with E-state index >= 15 is 0 Å². The van der Waals surface area contributed by atoms with E-state index in [1.165, 1.54) is 34.7 Å². The van der Waals surface area contributed by atoms with E-state index in [1.54, 1.807) is 0 Å². The van der Waals surface area contributed by atoms with Crippen molar-refractivity contribution in [3.63, 3.8) is 0 Å². The first-order valence-electron chi connectivity index (χ1n) is 13.2. The van der Waals surface area contributed by atoms with Crippen LogP contribution < -0.4 is 11.2 Å². The van der Waals surface area contributed by atoms with E-state index in [9.17, 15) is 22.4 Å². The van der Waals surface area contributed by atoms with Crippen LogP contribution in [0.25, 0.3) is 5.70 Å². The Morgan fingerprint density at radius 2 is 1.85 bits per heavy atom. The van der Waals surface area contributed by atoms with E-state index in [2.05, 4.69) is 15.5 Å². The fourth-order valence-electron chi connectivity index (χ4n) is 5.29. The molecule has 0 unspecified atom stereocenters. The summed E-state index contributed by atoms with van der Waals surface area (Å²) >= 11 is 6.30. The minimum Gasteiger partial charge on any atom is -0.332 e. The highest BCUT2D eigenvalue weighted by Crippen LogP contribution is 2.51. The summed E-state index contributed by atoms with van der Waals surface area (Å²) in [7, 11) is 0. The van der Waals surface area contributed by atoms with Gasteiger partial charge in [0.15, 0.2) is 0 Å². The molecule has 0 bridgehead atoms. The molecule has 212 valence electrons. The summed E-state index contributed by atoms with van der Waals surface area (Å²) in [5, 5.41) is 4.61. The number of hydrazone groups is 1. The summed E-state index contributed by atoms with van der Waals surface area (Å²) in [6.07, 6.45) is -0.668. The quantitative estimate of drug-likeness (QED) is 0.338. The molecule has 2 aromatic carbocycles. The second-order valence-electron chi connectivity index (χ2n) is 10.6. The maximum atomic E-state index is 14.8. The summed E-state index contributed by atoms with van der Waals surface area (Å²) in [6, 6.07) is 12.3. The van der Waals surface area contributed by atoms with Crippen molar-refractivity contribution in [1.29, 1.82) is 0 Å². The van der Waals surface area contributed by atoms with E-state index in [4.69, 9.17) is 17.3 Å². The van der Waals surface area contributed by atoms with Gasteiger partial charge in [-0.05, 0) is 67.2 Å². The van der Waals surface area contributed by atoms with Crippen LogP contribution in [0, 0.1) is 5.82 Å². The first-order chi connectivity index (χ1) is 19.6. The molecule has 0 saturated heterocycles. The summed E-state index contributed by atoms with van der Waals surface area (Å²) in [4.78, 5) is 19.6. The van der Waals surface area contributed by atoms with Crippen molar-refractivity contribution in [3.8, 4) is 0 Å². The molecule has 3 N–H and O–H groups in total. The van der Waals surface area contributed by atoms with E-state index in [1.807, 2.05) is 18.2 Å². The molecule has 11 heteroatoms. The van der Waals surface area contributed by atoms with Crippen LogP contribution >= 0.6 is 11.6 Å². The van der Waals surface area contributed by atoms with E-state index in [-0.39, 0.29) is 41.8 Å². The molecule has 6 rings (SSSR count). The Balaban J connectivity index is 1.36. The first kappa shape index (κ1) is 27.4. The van der Waals surface area contributed by atoms with Crippen molar-refractivity contribution in [1.82, 2.24) is 15.3 Å². The third-order valence-electron chi connectivity index (χ3n) is 7.86. The van der Waals surface area contributed by atoms with E-state index < -0.39 is 23.0 Å². The number of nitrogens with one attached hydrogen (secondary N) is 1. The number of benzene rings is 2. The van der Waals surface area contributed by atoms with Gasteiger partial charge in [0.2, 0.25) is 5.91 Å². The highest BCUT2D eigenvalue weighted by atomic mass is 35.5. The standard InChI is InChI=1S/C30H26ClF4N5O/c31-24-2-1-3-25(32)23(24)16-40(15-20-8-6-19(14-37-20)30(33,34)35)28(41)29(10-11-29)18-7-9-21-22(12-18)26(13-36)38-39-27(21)17-4-5-17/h1-3,6-9,12,14,39H,4-5,10-11,13,15-16,36H2. The van der Waals surface area contributed by atoms with Gasteiger partial charge in [-0.1, -0.05) is 29.8 Å². The van der Waals surface area contributed by atoms with Crippen LogP contribution in [0.4, 0.5) is 17.6 Å². The van der Waals surface area contributed by atoms with Crippen molar-refractivity contribution < 1.29 is 22.4 Å². The van der Waals surface area contributed by atoms with Crippen molar-refractivity contribution in [2.75, 3.05) is 6.54 Å². The Kier molecular flexibility index (Phi) is 6.86. The average molecular weight is 584 g/mol. The van der Waals surface area contributed by atoms with Crippen LogP contribution in [-0.2, 0) is 29.5 Å². The van der Waals surface area contributed by atoms with Gasteiger partial charge in [0, 0.05) is 34.5 Å². The Labute approximate surface area is 238 Å². The molecule has 1 aromatic heterocycles. The number of pyridine rings is 1. The third-order valence-corrected chi connectivity index (χ3v) is 8.22. The molecule has 6 nitrogen and oxygen atoms in total. The summed E-state index contributed by atoms with van der Waals surface area (Å²) in [6.45, 7) is -0.0794. The number of fused-ring (bicyclic) bond motifs is 1. The molecule has 3 aliphatic rings. The van der Waals surface area contributed by atoms with Gasteiger partial charge < -0.3 is 10.6 Å². The van der Waals surface area contributed by atoms with Gasteiger partial charge in [-0.2, -0.15) is 18.3 Å². The topological polar surface area (TPSA) is 83.6 Å². The number of alkyl halides is 3. The van der Waals surface area contributed by atoms with Crippen LogP contribution in [0.2, 0.25) is 5.02 Å². The van der Waals surface area contributed by atoms with Gasteiger partial charge >= 0.3 is 6.18 Å². The lowest BCUT2D eigenvalue weighted by molar-refractivity contribution is -0.138. The van der Waals surface area contributed by atoms with Crippen molar-refractivity contribution in [2.24, 2.45) is 10.8 Å². The lowest BCUT2D eigenvalue weighted by atomic mass is 9.88. The lowest BCUT2D eigenvalue weighted by Gasteiger charge is -2.29. The zero-order valence-electron chi connectivity index (χ0n) is 21.9. The van der Waals surface area contributed by atoms with Gasteiger partial charge in [-0.3, -0.25) is 15.2 Å². The van der Waals surface area contributed by atoms with Crippen LogP contribution in [0.15, 0.2) is 65.4 Å². The molecular weight excluding hydrogens is 558 g/mol. The van der Waals surface area contributed by atoms with Crippen LogP contribution in [0.1, 0.15) is 59.2 Å². The SMILES string of the molecule is NCC1=NNC(=C2CC2)c2ccc(C3(C(=O)N(Cc4ccc(C(F)(F)F)cn4)Cc4c(F)cccc4Cl)CC3)cc21. The Bertz CT molecular complexity index is 1570. The third kappa shape index (κ3) is 5.22. The number of hydrogen-bond acceptors (Lipinski definition) is 5. The van der Waals surface area contributed by atoms with E-state index in [0.29, 0.717) is 18.6 Å². The maximum Gasteiger partial charge on any atom is 0.417 e. The molecule has 0 radical (unpaired) electrons. The highest BCUT2D eigenvalue weighted by Gasteiger charge is 2.53. The predicted molar refractivity (Wildman–Crippen MR) is 147 cm³/mol. The van der Waals surface area contributed by atoms with Gasteiger partial charge in [0.05, 0.1) is 41.2 Å². The monoisotopic (exact) mass is 583 g/mol. The molecule has 0 spiro atoms. The molecule has 2 heterocycles. The zero-order valence-corrected chi connectivity index (χ0v) is 22.6. The summed E-state index contributed by atoms with van der Waals surface area (Å²) < 4.78 is 54.1. The number of rotatable bonds is 7. The minimum absolute atomic E-state index is 0.121. The van der Waals surface area contributed by atoms with Crippen LogP contribution in [0.5, 0.6) is 0 Å². The number of nitrogens with two attached hydrogens (primary N) is 1. The second-order valence-corrected chi connectivity index (χ2v) is 11.0. The number of carbonyl (C=O) groups excluding carboxylic acids is 1. The molecule has 1 amide bonds. The molecule has 2 fully saturated rings. The molecule has 0 atom stereocenters. The smallest absolute Gasteiger partial charge is 0.332 e. The highest BCUT2D eigenvalue weighted by molar-refractivity contribution is 6.31. The molecular formula is C30H26ClF4N5O. The second kappa shape index (κ2) is 10.3. The number of hydrogen-bond donors (Lipinski definition) is 2. The molecule has 2 saturated carbocycles. The minimum atomic E-state index is -4.54. The Morgan fingerprint density at radius 3 is 2.46 bits per heavy atom. The van der Waals surface area contributed by atoms with Crippen LogP contribution in [0.3, 0.4) is 0 Å². The van der Waals surface area contributed by atoms with Crippen molar-refractivity contribution in [3.05, 3.63) is 105 Å². The van der Waals surface area contributed by atoms with E-state index in [0.717, 1.165) is 47.5 Å². The van der Waals surface area contributed by atoms with Gasteiger partial charge in [-0.15, -0.1) is 0 Å². The Morgan fingerprint density at radius 1 is 1.07 bits per heavy atom. The van der Waals surface area contributed by atoms with Crippen molar-refractivity contribution in [2.45, 2.75) is 50.4 Å². The largest absolute Gasteiger partial charge is 0.417 e.